The number of piperazine rings is 1. The van der Waals surface area contributed by atoms with E-state index in [1.54, 1.807) is 30.3 Å². The Morgan fingerprint density at radius 3 is 2.34 bits per heavy atom. The molecule has 1 atom stereocenters. The minimum absolute atomic E-state index is 0.242. The smallest absolute Gasteiger partial charge is 0.334 e. The molecule has 4 rings (SSSR count). The van der Waals surface area contributed by atoms with Gasteiger partial charge in [-0.1, -0.05) is 19.3 Å². The second kappa shape index (κ2) is 17.2. The van der Waals surface area contributed by atoms with Crippen LogP contribution in [0.3, 0.4) is 0 Å². The average Bonchev–Trinajstić information content (AvgIpc) is 3.03. The Labute approximate surface area is 280 Å². The molecule has 1 aliphatic carbocycles. The molecule has 0 amide bonds. The molecular formula is C32H51FN6O6S2. The summed E-state index contributed by atoms with van der Waals surface area (Å²) in [6.07, 6.45) is 6.86. The van der Waals surface area contributed by atoms with E-state index < -0.39 is 32.3 Å². The topological polar surface area (TPSA) is 135 Å². The molecule has 0 aromatic heterocycles. The van der Waals surface area contributed by atoms with Crippen LogP contribution < -0.4 is 24.0 Å². The fourth-order valence-corrected chi connectivity index (χ4v) is 8.19. The van der Waals surface area contributed by atoms with Crippen LogP contribution in [0.4, 0.5) is 15.8 Å². The van der Waals surface area contributed by atoms with E-state index in [4.69, 9.17) is 4.74 Å². The van der Waals surface area contributed by atoms with Crippen LogP contribution in [0.1, 0.15) is 44.9 Å². The Balaban J connectivity index is 1.34. The molecule has 264 valence electrons. The van der Waals surface area contributed by atoms with Crippen LogP contribution in [-0.4, -0.2) is 111 Å². The third-order valence-electron chi connectivity index (χ3n) is 9.03. The maximum atomic E-state index is 13.8. The van der Waals surface area contributed by atoms with Gasteiger partial charge in [0, 0.05) is 65.1 Å². The van der Waals surface area contributed by atoms with Crippen LogP contribution in [-0.2, 0) is 20.3 Å². The summed E-state index contributed by atoms with van der Waals surface area (Å²) in [4.78, 5) is 8.50. The number of hydrogen-bond donors (Lipinski definition) is 3. The quantitative estimate of drug-likeness (QED) is 0.167. The maximum Gasteiger partial charge on any atom is 0.334 e. The van der Waals surface area contributed by atoms with Crippen molar-refractivity contribution in [3.8, 4) is 5.75 Å². The summed E-state index contributed by atoms with van der Waals surface area (Å²) < 4.78 is 83.4. The first kappa shape index (κ1) is 37.3. The summed E-state index contributed by atoms with van der Waals surface area (Å²) in [5, 5.41) is 0. The van der Waals surface area contributed by atoms with Gasteiger partial charge in [0.1, 0.15) is 11.6 Å². The Morgan fingerprint density at radius 1 is 0.979 bits per heavy atom. The third kappa shape index (κ3) is 11.5. The first-order valence-corrected chi connectivity index (χ1v) is 19.3. The summed E-state index contributed by atoms with van der Waals surface area (Å²) >= 11 is 0. The van der Waals surface area contributed by atoms with E-state index in [2.05, 4.69) is 14.3 Å². The van der Waals surface area contributed by atoms with Crippen molar-refractivity contribution in [3.63, 3.8) is 0 Å². The van der Waals surface area contributed by atoms with E-state index in [0.717, 1.165) is 31.7 Å². The first-order chi connectivity index (χ1) is 22.3. The number of nitrogens with one attached hydrogen (secondary N) is 2. The van der Waals surface area contributed by atoms with Crippen molar-refractivity contribution in [2.24, 2.45) is 5.92 Å². The predicted molar refractivity (Wildman–Crippen MR) is 183 cm³/mol. The number of sulfonamides is 1. The second-order valence-corrected chi connectivity index (χ2v) is 15.7. The van der Waals surface area contributed by atoms with E-state index in [1.165, 1.54) is 51.3 Å². The van der Waals surface area contributed by atoms with Crippen LogP contribution in [0, 0.1) is 11.7 Å². The number of rotatable bonds is 17. The normalized spacial score (nSPS) is 18.5. The van der Waals surface area contributed by atoms with Crippen molar-refractivity contribution >= 4 is 31.7 Å². The number of halogens is 1. The third-order valence-corrected chi connectivity index (χ3v) is 11.1. The van der Waals surface area contributed by atoms with Gasteiger partial charge >= 0.3 is 10.3 Å². The van der Waals surface area contributed by atoms with Crippen molar-refractivity contribution in [3.05, 3.63) is 48.3 Å². The highest BCUT2D eigenvalue weighted by molar-refractivity contribution is 7.89. The van der Waals surface area contributed by atoms with Crippen molar-refractivity contribution in [2.75, 3.05) is 83.4 Å². The number of nitrogens with zero attached hydrogens (tertiary/aromatic N) is 4. The lowest BCUT2D eigenvalue weighted by atomic mass is 9.89. The zero-order chi connectivity index (χ0) is 34.0. The molecule has 1 unspecified atom stereocenters. The molecule has 2 aromatic rings. The molecule has 12 nitrogen and oxygen atoms in total. The molecule has 1 heterocycles. The van der Waals surface area contributed by atoms with Gasteiger partial charge in [0.25, 0.3) is 0 Å². The van der Waals surface area contributed by atoms with Gasteiger partial charge < -0.3 is 19.4 Å². The van der Waals surface area contributed by atoms with Gasteiger partial charge in [-0.05, 0) is 81.1 Å². The molecule has 47 heavy (non-hydrogen) atoms. The van der Waals surface area contributed by atoms with Crippen LogP contribution in [0.2, 0.25) is 0 Å². The lowest BCUT2D eigenvalue weighted by Crippen LogP contribution is -2.60. The predicted octanol–water partition coefficient (Wildman–Crippen LogP) is 3.38. The number of benzene rings is 2. The number of ether oxygens (including phenoxy) is 1. The molecule has 2 fully saturated rings. The standard InChI is InChI=1S/C32H51FN6O6S2/c1-36(2)28-12-14-29(15-13-28)46(40,41)34-17-7-18-37(24-26-9-5-4-6-10-26)19-8-20-38-21-22-39(25-32(38)35-47(42,43)44)30-16-11-27(33)23-31(30)45-3/h11-16,23,26,32,34-35H,4-10,17-22,24-25H2,1-3H3,(H,42,43,44). The Morgan fingerprint density at radius 2 is 1.68 bits per heavy atom. The lowest BCUT2D eigenvalue weighted by molar-refractivity contribution is 0.143. The van der Waals surface area contributed by atoms with E-state index in [0.29, 0.717) is 50.0 Å². The minimum Gasteiger partial charge on any atom is -0.494 e. The monoisotopic (exact) mass is 698 g/mol. The lowest BCUT2D eigenvalue weighted by Gasteiger charge is -2.42. The van der Waals surface area contributed by atoms with Crippen molar-refractivity contribution in [2.45, 2.75) is 56.0 Å². The van der Waals surface area contributed by atoms with Crippen LogP contribution in [0.5, 0.6) is 5.75 Å². The van der Waals surface area contributed by atoms with Crippen molar-refractivity contribution < 1.29 is 30.5 Å². The van der Waals surface area contributed by atoms with Crippen LogP contribution in [0.25, 0.3) is 0 Å². The summed E-state index contributed by atoms with van der Waals surface area (Å²) in [5.74, 6) is 0.535. The van der Waals surface area contributed by atoms with Crippen LogP contribution in [0.15, 0.2) is 47.4 Å². The molecular weight excluding hydrogens is 648 g/mol. The van der Waals surface area contributed by atoms with Gasteiger partial charge in [-0.25, -0.2) is 17.5 Å². The molecule has 1 saturated carbocycles. The molecule has 0 radical (unpaired) electrons. The molecule has 15 heteroatoms. The Hall–Kier alpha value is -2.53. The zero-order valence-electron chi connectivity index (χ0n) is 27.8. The summed E-state index contributed by atoms with van der Waals surface area (Å²) in [6.45, 7) is 4.72. The molecule has 0 bridgehead atoms. The molecule has 3 N–H and O–H groups in total. The average molecular weight is 699 g/mol. The van der Waals surface area contributed by atoms with E-state index in [1.807, 2.05) is 28.8 Å². The summed E-state index contributed by atoms with van der Waals surface area (Å²) in [6, 6.07) is 11.1. The maximum absolute atomic E-state index is 13.8. The molecule has 2 aromatic carbocycles. The molecule has 1 aliphatic heterocycles. The van der Waals surface area contributed by atoms with Gasteiger partial charge in [-0.3, -0.25) is 9.45 Å². The minimum atomic E-state index is -4.48. The summed E-state index contributed by atoms with van der Waals surface area (Å²) in [5.41, 5.74) is 1.58. The first-order valence-electron chi connectivity index (χ1n) is 16.4. The number of hydrogen-bond acceptors (Lipinski definition) is 9. The highest BCUT2D eigenvalue weighted by Crippen LogP contribution is 2.31. The van der Waals surface area contributed by atoms with E-state index in [-0.39, 0.29) is 11.4 Å². The number of anilines is 2. The van der Waals surface area contributed by atoms with E-state index >= 15 is 0 Å². The largest absolute Gasteiger partial charge is 0.494 e. The van der Waals surface area contributed by atoms with Crippen LogP contribution >= 0.6 is 0 Å². The second-order valence-electron chi connectivity index (χ2n) is 12.7. The van der Waals surface area contributed by atoms with Gasteiger partial charge in [-0.15, -0.1) is 0 Å². The van der Waals surface area contributed by atoms with Gasteiger partial charge in [0.2, 0.25) is 10.0 Å². The highest BCUT2D eigenvalue weighted by atomic mass is 32.2. The SMILES string of the molecule is COc1cc(F)ccc1N1CCN(CCCN(CCCNS(=O)(=O)c2ccc(N(C)C)cc2)CC2CCCCC2)C(NS(=O)(=O)O)C1. The molecule has 0 spiro atoms. The highest BCUT2D eigenvalue weighted by Gasteiger charge is 2.31. The fraction of sp³-hybridized carbons (Fsp3) is 0.625. The van der Waals surface area contributed by atoms with Gasteiger partial charge in [0.05, 0.1) is 23.9 Å². The molecule has 1 saturated heterocycles. The fourth-order valence-electron chi connectivity index (χ4n) is 6.55. The Bertz CT molecular complexity index is 1490. The van der Waals surface area contributed by atoms with Crippen molar-refractivity contribution in [1.82, 2.24) is 19.2 Å². The summed E-state index contributed by atoms with van der Waals surface area (Å²) in [7, 11) is -2.82. The molecule has 2 aliphatic rings. The van der Waals surface area contributed by atoms with Gasteiger partial charge in [-0.2, -0.15) is 13.1 Å². The number of methoxy groups -OCH3 is 1. The van der Waals surface area contributed by atoms with E-state index in [9.17, 15) is 25.8 Å². The zero-order valence-corrected chi connectivity index (χ0v) is 29.4. The van der Waals surface area contributed by atoms with Crippen molar-refractivity contribution in [1.29, 1.82) is 0 Å². The van der Waals surface area contributed by atoms with Gasteiger partial charge in [0.15, 0.2) is 0 Å². The Kier molecular flexibility index (Phi) is 13.7.